The number of benzene rings is 2. The summed E-state index contributed by atoms with van der Waals surface area (Å²) in [6.45, 7) is 0.810. The van der Waals surface area contributed by atoms with Crippen LogP contribution in [0.1, 0.15) is 50.3 Å². The van der Waals surface area contributed by atoms with E-state index in [-0.39, 0.29) is 55.4 Å². The van der Waals surface area contributed by atoms with Crippen LogP contribution in [0.2, 0.25) is 0 Å². The molecule has 2 aromatic heterocycles. The van der Waals surface area contributed by atoms with Gasteiger partial charge in [0.05, 0.1) is 30.8 Å². The Labute approximate surface area is 273 Å². The number of alkyl halides is 6. The summed E-state index contributed by atoms with van der Waals surface area (Å²) in [5.74, 6) is -3.47. The van der Waals surface area contributed by atoms with E-state index in [0.29, 0.717) is 11.6 Å². The molecule has 3 N–H and O–H groups in total. The molecule has 0 amide bonds. The molecule has 1 atom stereocenters. The van der Waals surface area contributed by atoms with E-state index in [4.69, 9.17) is 10.2 Å². The van der Waals surface area contributed by atoms with Crippen LogP contribution < -0.4 is 21.9 Å². The summed E-state index contributed by atoms with van der Waals surface area (Å²) < 4.78 is 102. The number of hydrogen-bond acceptors (Lipinski definition) is 7. The lowest BCUT2D eigenvalue weighted by atomic mass is 10.0. The Balaban J connectivity index is 1.51. The first-order valence-electron chi connectivity index (χ1n) is 14.9. The normalized spacial score (nSPS) is 15.1. The predicted octanol–water partition coefficient (Wildman–Crippen LogP) is 4.86. The molecule has 0 aliphatic carbocycles. The van der Waals surface area contributed by atoms with Crippen molar-refractivity contribution < 1.29 is 45.1 Å². The van der Waals surface area contributed by atoms with Crippen molar-refractivity contribution in [2.24, 2.45) is 5.73 Å². The highest BCUT2D eigenvalue weighted by Crippen LogP contribution is 2.34. The molecule has 262 valence electrons. The highest BCUT2D eigenvalue weighted by atomic mass is 19.4. The molecule has 3 heterocycles. The highest BCUT2D eigenvalue weighted by Gasteiger charge is 2.36. The summed E-state index contributed by atoms with van der Waals surface area (Å²) in [6, 6.07) is 8.76. The molecular weight excluding hydrogens is 667 g/mol. The molecule has 5 rings (SSSR count). The average Bonchev–Trinajstić information content (AvgIpc) is 3.51. The van der Waals surface area contributed by atoms with E-state index in [1.54, 1.807) is 9.80 Å². The van der Waals surface area contributed by atoms with E-state index >= 15 is 0 Å². The van der Waals surface area contributed by atoms with Gasteiger partial charge in [0.2, 0.25) is 5.76 Å². The third-order valence-corrected chi connectivity index (χ3v) is 8.37. The van der Waals surface area contributed by atoms with E-state index in [9.17, 15) is 50.2 Å². The Morgan fingerprint density at radius 1 is 0.898 bits per heavy atom. The summed E-state index contributed by atoms with van der Waals surface area (Å²) in [5, 5.41) is 9.19. The molecule has 0 spiro atoms. The third kappa shape index (κ3) is 7.57. The lowest BCUT2D eigenvalue weighted by molar-refractivity contribution is -0.153. The molecule has 0 bridgehead atoms. The van der Waals surface area contributed by atoms with Crippen molar-refractivity contribution in [3.8, 4) is 0 Å². The number of piperazine rings is 1. The fraction of sp³-hybridized carbons (Fsp3) is 0.344. The van der Waals surface area contributed by atoms with Gasteiger partial charge in [-0.25, -0.2) is 14.0 Å². The molecule has 49 heavy (non-hydrogen) atoms. The Morgan fingerprint density at radius 2 is 1.55 bits per heavy atom. The Bertz CT molecular complexity index is 1960. The molecule has 1 aliphatic heterocycles. The number of carbonyl (C=O) groups is 1. The van der Waals surface area contributed by atoms with Crippen LogP contribution in [-0.2, 0) is 32.0 Å². The summed E-state index contributed by atoms with van der Waals surface area (Å²) in [5.41, 5.74) is 2.60. The quantitative estimate of drug-likeness (QED) is 0.238. The number of nitrogens with two attached hydrogens (primary N) is 1. The summed E-state index contributed by atoms with van der Waals surface area (Å²) in [6.07, 6.45) is -9.60. The zero-order valence-corrected chi connectivity index (χ0v) is 25.8. The average molecular weight is 698 g/mol. The van der Waals surface area contributed by atoms with E-state index in [1.807, 2.05) is 0 Å². The van der Waals surface area contributed by atoms with Crippen LogP contribution in [0.15, 0.2) is 68.6 Å². The van der Waals surface area contributed by atoms with Gasteiger partial charge in [0.1, 0.15) is 17.3 Å². The SMILES string of the molecule is Cc1c(N2CCN(Cc3ccc(C(F)(F)F)o3)CC2)c(=O)n(C[C@H](N)c2ccc(C(=O)O)cc2)c(=O)n1Cc1c(F)cccc1C(F)(F)F. The zero-order valence-electron chi connectivity index (χ0n) is 25.8. The fourth-order valence-corrected chi connectivity index (χ4v) is 5.78. The maximum atomic E-state index is 14.9. The Kier molecular flexibility index (Phi) is 9.79. The van der Waals surface area contributed by atoms with Crippen LogP contribution in [-0.4, -0.2) is 51.3 Å². The number of nitrogens with zero attached hydrogens (tertiary/aromatic N) is 4. The van der Waals surface area contributed by atoms with Gasteiger partial charge in [-0.05, 0) is 48.9 Å². The first-order valence-corrected chi connectivity index (χ1v) is 14.9. The maximum Gasteiger partial charge on any atom is 0.449 e. The van der Waals surface area contributed by atoms with Crippen molar-refractivity contribution in [3.05, 3.63) is 121 Å². The molecule has 0 radical (unpaired) electrons. The lowest BCUT2D eigenvalue weighted by Gasteiger charge is -2.36. The molecule has 10 nitrogen and oxygen atoms in total. The number of aromatic nitrogens is 2. The van der Waals surface area contributed by atoms with Crippen molar-refractivity contribution >= 4 is 11.7 Å². The minimum atomic E-state index is -4.96. The maximum absolute atomic E-state index is 14.9. The van der Waals surface area contributed by atoms with Crippen molar-refractivity contribution in [1.82, 2.24) is 14.0 Å². The summed E-state index contributed by atoms with van der Waals surface area (Å²) in [7, 11) is 0. The second kappa shape index (κ2) is 13.5. The molecule has 17 heteroatoms. The molecule has 0 unspecified atom stereocenters. The number of carboxylic acids is 1. The van der Waals surface area contributed by atoms with Gasteiger partial charge < -0.3 is 20.2 Å². The van der Waals surface area contributed by atoms with Gasteiger partial charge >= 0.3 is 24.0 Å². The van der Waals surface area contributed by atoms with E-state index in [0.717, 1.165) is 27.3 Å². The third-order valence-electron chi connectivity index (χ3n) is 8.37. The van der Waals surface area contributed by atoms with Crippen molar-refractivity contribution in [2.75, 3.05) is 31.1 Å². The smallest absolute Gasteiger partial charge is 0.449 e. The number of anilines is 1. The number of furan rings is 1. The molecule has 1 saturated heterocycles. The molecule has 2 aromatic carbocycles. The Morgan fingerprint density at radius 3 is 2.12 bits per heavy atom. The first-order chi connectivity index (χ1) is 23.0. The monoisotopic (exact) mass is 697 g/mol. The van der Waals surface area contributed by atoms with Gasteiger partial charge in [0.15, 0.2) is 0 Å². The van der Waals surface area contributed by atoms with Crippen molar-refractivity contribution in [3.63, 3.8) is 0 Å². The van der Waals surface area contributed by atoms with Gasteiger partial charge in [-0.3, -0.25) is 18.8 Å². The number of halogens is 7. The van der Waals surface area contributed by atoms with E-state index < -0.39 is 71.4 Å². The van der Waals surface area contributed by atoms with Crippen molar-refractivity contribution in [2.45, 2.75) is 45.0 Å². The minimum absolute atomic E-state index is 0.0312. The van der Waals surface area contributed by atoms with Crippen LogP contribution in [0, 0.1) is 12.7 Å². The highest BCUT2D eigenvalue weighted by molar-refractivity contribution is 5.87. The van der Waals surface area contributed by atoms with Gasteiger partial charge in [0, 0.05) is 43.5 Å². The van der Waals surface area contributed by atoms with Crippen LogP contribution in [0.5, 0.6) is 0 Å². The topological polar surface area (TPSA) is 127 Å². The van der Waals surface area contributed by atoms with Crippen molar-refractivity contribution in [1.29, 1.82) is 0 Å². The molecule has 0 saturated carbocycles. The molecule has 1 fully saturated rings. The molecule has 1 aliphatic rings. The minimum Gasteiger partial charge on any atom is -0.478 e. The van der Waals surface area contributed by atoms with Gasteiger partial charge in [0.25, 0.3) is 5.56 Å². The van der Waals surface area contributed by atoms with Gasteiger partial charge in [-0.1, -0.05) is 18.2 Å². The largest absolute Gasteiger partial charge is 0.478 e. The number of rotatable bonds is 9. The summed E-state index contributed by atoms with van der Waals surface area (Å²) in [4.78, 5) is 42.4. The van der Waals surface area contributed by atoms with Crippen LogP contribution in [0.25, 0.3) is 0 Å². The van der Waals surface area contributed by atoms with Gasteiger partial charge in [-0.15, -0.1) is 0 Å². The molecular formula is C32H30F7N5O5. The second-order valence-electron chi connectivity index (χ2n) is 11.5. The first kappa shape index (κ1) is 35.4. The number of aromatic carboxylic acids is 1. The standard InChI is InChI=1S/C32H30F7N5O5/c1-18-27(42-13-11-41(12-14-42)15-21-9-10-26(49-21)32(37,38)39)28(45)44(17-25(40)19-5-7-20(8-6-19)29(46)47)30(48)43(18)16-22-23(31(34,35)36)3-2-4-24(22)33/h2-10,25H,11-17,40H2,1H3,(H,46,47)/t25-/m0/s1. The second-order valence-corrected chi connectivity index (χ2v) is 11.5. The molecule has 4 aromatic rings. The fourth-order valence-electron chi connectivity index (χ4n) is 5.78. The predicted molar refractivity (Wildman–Crippen MR) is 162 cm³/mol. The number of hydrogen-bond donors (Lipinski definition) is 2. The van der Waals surface area contributed by atoms with E-state index in [1.165, 1.54) is 37.3 Å². The van der Waals surface area contributed by atoms with Crippen LogP contribution >= 0.6 is 0 Å². The summed E-state index contributed by atoms with van der Waals surface area (Å²) >= 11 is 0. The zero-order chi connectivity index (χ0) is 35.8. The Hall–Kier alpha value is -4.90. The van der Waals surface area contributed by atoms with Crippen LogP contribution in [0.4, 0.5) is 36.4 Å². The number of carboxylic acid groups (broad SMARTS) is 1. The van der Waals surface area contributed by atoms with Crippen LogP contribution in [0.3, 0.4) is 0 Å². The van der Waals surface area contributed by atoms with E-state index in [2.05, 4.69) is 0 Å². The van der Waals surface area contributed by atoms with Gasteiger partial charge in [-0.2, -0.15) is 26.3 Å². The lowest BCUT2D eigenvalue weighted by Crippen LogP contribution is -2.51.